The molecule has 4 N–H and O–H groups in total. The van der Waals surface area contributed by atoms with Crippen LogP contribution < -0.4 is 11.5 Å². The number of nitrogen functional groups attached to an aromatic ring is 1. The predicted octanol–water partition coefficient (Wildman–Crippen LogP) is 0.183. The molecule has 0 heterocycles. The van der Waals surface area contributed by atoms with E-state index in [2.05, 4.69) is 4.74 Å². The third-order valence-corrected chi connectivity index (χ3v) is 2.20. The summed E-state index contributed by atoms with van der Waals surface area (Å²) in [5.74, 6) is -0.470. The third kappa shape index (κ3) is 2.72. The van der Waals surface area contributed by atoms with Crippen molar-refractivity contribution < 1.29 is 9.53 Å². The molecular weight excluding hydrogens is 206 g/mol. The first-order chi connectivity index (χ1) is 7.58. The number of rotatable bonds is 3. The van der Waals surface area contributed by atoms with Gasteiger partial charge < -0.3 is 16.2 Å². The van der Waals surface area contributed by atoms with Crippen LogP contribution in [0.15, 0.2) is 18.2 Å². The van der Waals surface area contributed by atoms with E-state index in [0.717, 1.165) is 5.56 Å². The topological polar surface area (TPSA) is 102 Å². The van der Waals surface area contributed by atoms with Gasteiger partial charge in [0.2, 0.25) is 0 Å². The van der Waals surface area contributed by atoms with Gasteiger partial charge in [0.1, 0.15) is 12.1 Å². The lowest BCUT2D eigenvalue weighted by Crippen LogP contribution is -2.33. The van der Waals surface area contributed by atoms with E-state index in [4.69, 9.17) is 16.7 Å². The van der Waals surface area contributed by atoms with Crippen molar-refractivity contribution in [2.75, 3.05) is 12.8 Å². The van der Waals surface area contributed by atoms with Gasteiger partial charge in [0.25, 0.3) is 0 Å². The van der Waals surface area contributed by atoms with Crippen molar-refractivity contribution in [2.45, 2.75) is 12.5 Å². The normalized spacial score (nSPS) is 11.6. The lowest BCUT2D eigenvalue weighted by Gasteiger charge is -2.09. The number of carbonyl (C=O) groups is 1. The standard InChI is InChI=1S/C11H13N3O2/c1-16-11(15)10(14)5-7-2-3-8(6-12)9(13)4-7/h2-4,10H,5,13-14H2,1H3/t10-/m0/s1. The molecule has 1 rings (SSSR count). The summed E-state index contributed by atoms with van der Waals surface area (Å²) in [7, 11) is 1.29. The second-order valence-electron chi connectivity index (χ2n) is 3.37. The van der Waals surface area contributed by atoms with E-state index in [1.807, 2.05) is 6.07 Å². The number of hydrogen-bond donors (Lipinski definition) is 2. The second-order valence-corrected chi connectivity index (χ2v) is 3.37. The van der Waals surface area contributed by atoms with Crippen molar-refractivity contribution in [1.29, 1.82) is 5.26 Å². The highest BCUT2D eigenvalue weighted by molar-refractivity contribution is 5.75. The van der Waals surface area contributed by atoms with E-state index >= 15 is 0 Å². The molecule has 84 valence electrons. The Balaban J connectivity index is 2.80. The largest absolute Gasteiger partial charge is 0.468 e. The molecule has 1 atom stereocenters. The Morgan fingerprint density at radius 2 is 2.31 bits per heavy atom. The Hall–Kier alpha value is -2.06. The summed E-state index contributed by atoms with van der Waals surface area (Å²) in [5, 5.41) is 8.69. The van der Waals surface area contributed by atoms with Crippen molar-refractivity contribution in [3.8, 4) is 6.07 Å². The van der Waals surface area contributed by atoms with E-state index in [9.17, 15) is 4.79 Å². The highest BCUT2D eigenvalue weighted by atomic mass is 16.5. The number of carbonyl (C=O) groups excluding carboxylic acids is 1. The van der Waals surface area contributed by atoms with Crippen LogP contribution in [-0.4, -0.2) is 19.1 Å². The molecule has 0 fully saturated rings. The predicted molar refractivity (Wildman–Crippen MR) is 59.3 cm³/mol. The van der Waals surface area contributed by atoms with Crippen molar-refractivity contribution in [1.82, 2.24) is 0 Å². The van der Waals surface area contributed by atoms with Gasteiger partial charge in [0.15, 0.2) is 0 Å². The molecular formula is C11H13N3O2. The van der Waals surface area contributed by atoms with E-state index in [0.29, 0.717) is 17.7 Å². The highest BCUT2D eigenvalue weighted by Crippen LogP contribution is 2.14. The van der Waals surface area contributed by atoms with Gasteiger partial charge in [-0.3, -0.25) is 4.79 Å². The fourth-order valence-electron chi connectivity index (χ4n) is 1.33. The number of esters is 1. The fraction of sp³-hybridized carbons (Fsp3) is 0.273. The molecule has 0 spiro atoms. The van der Waals surface area contributed by atoms with Gasteiger partial charge in [-0.05, 0) is 24.1 Å². The van der Waals surface area contributed by atoms with Crippen LogP contribution in [0.3, 0.4) is 0 Å². The van der Waals surface area contributed by atoms with Crippen LogP contribution in [0.5, 0.6) is 0 Å². The highest BCUT2D eigenvalue weighted by Gasteiger charge is 2.14. The molecule has 0 unspecified atom stereocenters. The monoisotopic (exact) mass is 219 g/mol. The smallest absolute Gasteiger partial charge is 0.322 e. The number of nitrogens with two attached hydrogens (primary N) is 2. The van der Waals surface area contributed by atoms with Crippen molar-refractivity contribution in [3.63, 3.8) is 0 Å². The zero-order valence-corrected chi connectivity index (χ0v) is 8.93. The van der Waals surface area contributed by atoms with E-state index in [1.54, 1.807) is 18.2 Å². The zero-order chi connectivity index (χ0) is 12.1. The van der Waals surface area contributed by atoms with Crippen LogP contribution in [0.25, 0.3) is 0 Å². The molecule has 0 saturated carbocycles. The molecule has 5 nitrogen and oxygen atoms in total. The number of methoxy groups -OCH3 is 1. The van der Waals surface area contributed by atoms with Crippen LogP contribution >= 0.6 is 0 Å². The van der Waals surface area contributed by atoms with Crippen molar-refractivity contribution >= 4 is 11.7 Å². The SMILES string of the molecule is COC(=O)[C@@H](N)Cc1ccc(C#N)c(N)c1. The minimum Gasteiger partial charge on any atom is -0.468 e. The molecule has 0 aromatic heterocycles. The zero-order valence-electron chi connectivity index (χ0n) is 8.93. The van der Waals surface area contributed by atoms with E-state index in [-0.39, 0.29) is 0 Å². The molecule has 0 aliphatic heterocycles. The Kier molecular flexibility index (Phi) is 3.86. The van der Waals surface area contributed by atoms with Gasteiger partial charge in [-0.2, -0.15) is 5.26 Å². The van der Waals surface area contributed by atoms with Gasteiger partial charge >= 0.3 is 5.97 Å². The second kappa shape index (κ2) is 5.14. The van der Waals surface area contributed by atoms with Gasteiger partial charge in [-0.15, -0.1) is 0 Å². The number of anilines is 1. The fourth-order valence-corrected chi connectivity index (χ4v) is 1.33. The molecule has 5 heteroatoms. The summed E-state index contributed by atoms with van der Waals surface area (Å²) < 4.78 is 4.51. The molecule has 16 heavy (non-hydrogen) atoms. The number of benzene rings is 1. The van der Waals surface area contributed by atoms with Gasteiger partial charge in [-0.1, -0.05) is 6.07 Å². The summed E-state index contributed by atoms with van der Waals surface area (Å²) in [6.45, 7) is 0. The molecule has 0 radical (unpaired) electrons. The van der Waals surface area contributed by atoms with E-state index in [1.165, 1.54) is 7.11 Å². The molecule has 1 aromatic rings. The van der Waals surface area contributed by atoms with Crippen LogP contribution in [0.4, 0.5) is 5.69 Å². The molecule has 0 aliphatic carbocycles. The minimum atomic E-state index is -0.711. The number of hydrogen-bond acceptors (Lipinski definition) is 5. The summed E-state index contributed by atoms with van der Waals surface area (Å²) in [4.78, 5) is 11.1. The van der Waals surface area contributed by atoms with Crippen LogP contribution in [0.2, 0.25) is 0 Å². The van der Waals surface area contributed by atoms with Gasteiger partial charge in [0.05, 0.1) is 12.7 Å². The number of ether oxygens (including phenoxy) is 1. The number of nitrogens with zero attached hydrogens (tertiary/aromatic N) is 1. The Morgan fingerprint density at radius 3 is 2.81 bits per heavy atom. The molecule has 0 amide bonds. The first kappa shape index (κ1) is 12.0. The third-order valence-electron chi connectivity index (χ3n) is 2.20. The first-order valence-corrected chi connectivity index (χ1v) is 4.70. The Labute approximate surface area is 93.6 Å². The molecule has 0 bridgehead atoms. The average molecular weight is 219 g/mol. The van der Waals surface area contributed by atoms with Crippen molar-refractivity contribution in [3.05, 3.63) is 29.3 Å². The summed E-state index contributed by atoms with van der Waals surface area (Å²) in [6, 6.07) is 6.22. The maximum atomic E-state index is 11.1. The molecule has 0 saturated heterocycles. The average Bonchev–Trinajstić information content (AvgIpc) is 2.28. The lowest BCUT2D eigenvalue weighted by atomic mass is 10.0. The summed E-state index contributed by atoms with van der Waals surface area (Å²) in [6.07, 6.45) is 0.336. The Morgan fingerprint density at radius 1 is 1.62 bits per heavy atom. The van der Waals surface area contributed by atoms with Crippen molar-refractivity contribution in [2.24, 2.45) is 5.73 Å². The van der Waals surface area contributed by atoms with Gasteiger partial charge in [-0.25, -0.2) is 0 Å². The quantitative estimate of drug-likeness (QED) is 0.557. The van der Waals surface area contributed by atoms with Gasteiger partial charge in [0, 0.05) is 5.69 Å². The maximum Gasteiger partial charge on any atom is 0.322 e. The maximum absolute atomic E-state index is 11.1. The van der Waals surface area contributed by atoms with Crippen LogP contribution in [0.1, 0.15) is 11.1 Å². The molecule has 0 aliphatic rings. The minimum absolute atomic E-state index is 0.336. The molecule has 1 aromatic carbocycles. The van der Waals surface area contributed by atoms with Crippen LogP contribution in [0, 0.1) is 11.3 Å². The summed E-state index contributed by atoms with van der Waals surface area (Å²) in [5.41, 5.74) is 12.8. The summed E-state index contributed by atoms with van der Waals surface area (Å²) >= 11 is 0. The first-order valence-electron chi connectivity index (χ1n) is 4.70. The van der Waals surface area contributed by atoms with E-state index < -0.39 is 12.0 Å². The Bertz CT molecular complexity index is 437. The van der Waals surface area contributed by atoms with Crippen LogP contribution in [-0.2, 0) is 16.0 Å². The lowest BCUT2D eigenvalue weighted by molar-refractivity contribution is -0.142. The number of nitriles is 1.